The van der Waals surface area contributed by atoms with Crippen LogP contribution in [0.25, 0.3) is 11.3 Å². The number of hydrogen-bond acceptors (Lipinski definition) is 6. The van der Waals surface area contributed by atoms with Gasteiger partial charge in [-0.15, -0.1) is 11.6 Å². The molecule has 3 aromatic rings. The normalized spacial score (nSPS) is 11.8. The van der Waals surface area contributed by atoms with Crippen LogP contribution < -0.4 is 15.8 Å². The fourth-order valence-electron chi connectivity index (χ4n) is 2.55. The zero-order valence-electron chi connectivity index (χ0n) is 16.0. The maximum Gasteiger partial charge on any atom is 0.274 e. The van der Waals surface area contributed by atoms with E-state index in [1.165, 1.54) is 12.5 Å². The van der Waals surface area contributed by atoms with Crippen molar-refractivity contribution in [2.75, 3.05) is 24.3 Å². The number of benzene rings is 1. The summed E-state index contributed by atoms with van der Waals surface area (Å²) in [6, 6.07) is 5.04. The third-order valence-electron chi connectivity index (χ3n) is 4.21. The molecular formula is C20H17ClF3N5O2. The predicted molar refractivity (Wildman–Crippen MR) is 108 cm³/mol. The van der Waals surface area contributed by atoms with Crippen molar-refractivity contribution >= 4 is 23.2 Å². The number of rotatable bonds is 8. The Labute approximate surface area is 180 Å². The number of nitrogens with zero attached hydrogens (tertiary/aromatic N) is 3. The van der Waals surface area contributed by atoms with Gasteiger partial charge in [-0.25, -0.2) is 23.1 Å². The third kappa shape index (κ3) is 5.28. The number of nitrogens with two attached hydrogens (primary N) is 1. The van der Waals surface area contributed by atoms with E-state index in [0.717, 1.165) is 30.3 Å². The molecule has 0 saturated carbocycles. The van der Waals surface area contributed by atoms with Crippen LogP contribution in [0, 0.1) is 23.4 Å². The van der Waals surface area contributed by atoms with Gasteiger partial charge in [0, 0.05) is 11.8 Å². The molecule has 31 heavy (non-hydrogen) atoms. The first-order chi connectivity index (χ1) is 14.9. The van der Waals surface area contributed by atoms with Crippen molar-refractivity contribution in [3.05, 3.63) is 66.0 Å². The van der Waals surface area contributed by atoms with Crippen molar-refractivity contribution in [1.82, 2.24) is 15.0 Å². The fourth-order valence-corrected chi connectivity index (χ4v) is 2.76. The maximum absolute atomic E-state index is 14.2. The Morgan fingerprint density at radius 1 is 1.16 bits per heavy atom. The van der Waals surface area contributed by atoms with Gasteiger partial charge in [0.25, 0.3) is 5.91 Å². The smallest absolute Gasteiger partial charge is 0.274 e. The van der Waals surface area contributed by atoms with Crippen molar-refractivity contribution in [3.8, 4) is 17.1 Å². The van der Waals surface area contributed by atoms with Gasteiger partial charge in [0.05, 0.1) is 18.4 Å². The first kappa shape index (κ1) is 22.4. The molecule has 3 N–H and O–H groups in total. The lowest BCUT2D eigenvalue weighted by atomic mass is 10.1. The van der Waals surface area contributed by atoms with E-state index in [2.05, 4.69) is 20.3 Å². The number of hydrogen-bond donors (Lipinski definition) is 2. The average molecular weight is 452 g/mol. The van der Waals surface area contributed by atoms with Gasteiger partial charge >= 0.3 is 0 Å². The first-order valence-electron chi connectivity index (χ1n) is 9.05. The highest BCUT2D eigenvalue weighted by molar-refractivity contribution is 6.18. The van der Waals surface area contributed by atoms with Crippen molar-refractivity contribution in [2.45, 2.75) is 0 Å². The Balaban J connectivity index is 1.86. The molecule has 3 rings (SSSR count). The number of halogens is 4. The molecule has 1 aromatic carbocycles. The fraction of sp³-hybridized carbons (Fsp3) is 0.200. The molecule has 2 heterocycles. The topological polar surface area (TPSA) is 103 Å². The van der Waals surface area contributed by atoms with E-state index in [1.54, 1.807) is 0 Å². The zero-order valence-corrected chi connectivity index (χ0v) is 16.7. The first-order valence-corrected chi connectivity index (χ1v) is 9.59. The van der Waals surface area contributed by atoms with E-state index in [4.69, 9.17) is 22.1 Å². The highest BCUT2D eigenvalue weighted by Gasteiger charge is 2.20. The molecule has 0 aliphatic rings. The van der Waals surface area contributed by atoms with E-state index in [-0.39, 0.29) is 35.7 Å². The Kier molecular flexibility index (Phi) is 7.37. The highest BCUT2D eigenvalue weighted by atomic mass is 35.5. The lowest BCUT2D eigenvalue weighted by Gasteiger charge is -2.14. The van der Waals surface area contributed by atoms with Gasteiger partial charge in [-0.2, -0.15) is 4.98 Å². The van der Waals surface area contributed by atoms with Gasteiger partial charge < -0.3 is 15.8 Å². The minimum atomic E-state index is -1.01. The van der Waals surface area contributed by atoms with Crippen LogP contribution in [0.4, 0.5) is 18.9 Å². The SMILES string of the molecule is NCC(CCl)COc1ncncc1NC(=O)c1ccc(F)c(-c2c(F)cccc2F)n1. The second-order valence-corrected chi connectivity index (χ2v) is 6.69. The minimum absolute atomic E-state index is 0.0643. The summed E-state index contributed by atoms with van der Waals surface area (Å²) in [5.74, 6) is -3.58. The molecule has 0 radical (unpaired) electrons. The molecule has 0 fully saturated rings. The lowest BCUT2D eigenvalue weighted by Crippen LogP contribution is -2.23. The van der Waals surface area contributed by atoms with E-state index in [1.807, 2.05) is 0 Å². The Morgan fingerprint density at radius 2 is 1.90 bits per heavy atom. The summed E-state index contributed by atoms with van der Waals surface area (Å²) in [5, 5.41) is 2.49. The van der Waals surface area contributed by atoms with Gasteiger partial charge in [-0.05, 0) is 30.8 Å². The molecule has 0 saturated heterocycles. The van der Waals surface area contributed by atoms with Crippen LogP contribution in [-0.2, 0) is 0 Å². The number of nitrogens with one attached hydrogen (secondary N) is 1. The summed E-state index contributed by atoms with van der Waals surface area (Å²) < 4.78 is 47.9. The Morgan fingerprint density at radius 3 is 2.58 bits per heavy atom. The molecule has 162 valence electrons. The van der Waals surface area contributed by atoms with E-state index >= 15 is 0 Å². The van der Waals surface area contributed by atoms with Crippen LogP contribution in [0.2, 0.25) is 0 Å². The number of anilines is 1. The Bertz CT molecular complexity index is 1060. The monoisotopic (exact) mass is 451 g/mol. The van der Waals surface area contributed by atoms with Crippen molar-refractivity contribution < 1.29 is 22.7 Å². The molecule has 1 amide bonds. The minimum Gasteiger partial charge on any atom is -0.476 e. The number of amides is 1. The largest absolute Gasteiger partial charge is 0.476 e. The third-order valence-corrected chi connectivity index (χ3v) is 4.65. The summed E-state index contributed by atoms with van der Waals surface area (Å²) in [4.78, 5) is 24.2. The number of aromatic nitrogens is 3. The van der Waals surface area contributed by atoms with Crippen LogP contribution in [0.3, 0.4) is 0 Å². The van der Waals surface area contributed by atoms with Crippen LogP contribution in [0.15, 0.2) is 42.9 Å². The molecule has 0 aliphatic carbocycles. The summed E-state index contributed by atoms with van der Waals surface area (Å²) in [6.45, 7) is 0.455. The van der Waals surface area contributed by atoms with Crippen molar-refractivity contribution in [1.29, 1.82) is 0 Å². The molecule has 11 heteroatoms. The zero-order chi connectivity index (χ0) is 22.4. The predicted octanol–water partition coefficient (Wildman–Crippen LogP) is 3.40. The molecule has 7 nitrogen and oxygen atoms in total. The standard InChI is InChI=1S/C20H17ClF3N5O2/c21-6-11(7-25)9-31-20-16(8-26-10-27-20)29-19(30)15-5-4-14(24)18(28-15)17-12(22)2-1-3-13(17)23/h1-5,8,10-11H,6-7,9,25H2,(H,29,30). The second kappa shape index (κ2) is 10.2. The van der Waals surface area contributed by atoms with Gasteiger partial charge in [0.1, 0.15) is 40.9 Å². The summed E-state index contributed by atoms with van der Waals surface area (Å²) >= 11 is 5.78. The molecular weight excluding hydrogens is 435 g/mol. The van der Waals surface area contributed by atoms with Crippen LogP contribution in [0.5, 0.6) is 5.88 Å². The number of pyridine rings is 1. The van der Waals surface area contributed by atoms with Crippen molar-refractivity contribution in [2.24, 2.45) is 11.7 Å². The van der Waals surface area contributed by atoms with Crippen LogP contribution in [-0.4, -0.2) is 39.9 Å². The van der Waals surface area contributed by atoms with E-state index < -0.39 is 34.6 Å². The van der Waals surface area contributed by atoms with Gasteiger partial charge in [-0.3, -0.25) is 4.79 Å². The lowest BCUT2D eigenvalue weighted by molar-refractivity contribution is 0.102. The molecule has 2 aromatic heterocycles. The molecule has 0 spiro atoms. The second-order valence-electron chi connectivity index (χ2n) is 6.39. The van der Waals surface area contributed by atoms with E-state index in [0.29, 0.717) is 6.54 Å². The number of alkyl halides is 1. The number of ether oxygens (including phenoxy) is 1. The summed E-state index contributed by atoms with van der Waals surface area (Å²) in [7, 11) is 0. The van der Waals surface area contributed by atoms with Gasteiger partial charge in [0.15, 0.2) is 0 Å². The van der Waals surface area contributed by atoms with Gasteiger partial charge in [0.2, 0.25) is 5.88 Å². The summed E-state index contributed by atoms with van der Waals surface area (Å²) in [6.07, 6.45) is 2.51. The molecule has 0 bridgehead atoms. The number of carbonyl (C=O) groups excluding carboxylic acids is 1. The quantitative estimate of drug-likeness (QED) is 0.509. The van der Waals surface area contributed by atoms with E-state index in [9.17, 15) is 18.0 Å². The summed E-state index contributed by atoms with van der Waals surface area (Å²) in [5.41, 5.74) is 4.11. The Hall–Kier alpha value is -3.24. The highest BCUT2D eigenvalue weighted by Crippen LogP contribution is 2.27. The van der Waals surface area contributed by atoms with Gasteiger partial charge in [-0.1, -0.05) is 6.07 Å². The van der Waals surface area contributed by atoms with Crippen molar-refractivity contribution in [3.63, 3.8) is 0 Å². The average Bonchev–Trinajstić information content (AvgIpc) is 2.76. The molecule has 1 unspecified atom stereocenters. The maximum atomic E-state index is 14.2. The van der Waals surface area contributed by atoms with Crippen LogP contribution >= 0.6 is 11.6 Å². The molecule has 0 aliphatic heterocycles. The van der Waals surface area contributed by atoms with Crippen LogP contribution in [0.1, 0.15) is 10.5 Å². The number of carbonyl (C=O) groups is 1. The molecule has 1 atom stereocenters.